The Morgan fingerprint density at radius 2 is 2.00 bits per heavy atom. The highest BCUT2D eigenvalue weighted by atomic mass is 16.5. The Morgan fingerprint density at radius 3 is 2.84 bits per heavy atom. The minimum Gasteiger partial charge on any atom is -0.497 e. The molecule has 4 heterocycles. The van der Waals surface area contributed by atoms with Crippen molar-refractivity contribution < 1.29 is 4.74 Å². The summed E-state index contributed by atoms with van der Waals surface area (Å²) in [5.41, 5.74) is 4.69. The van der Waals surface area contributed by atoms with Crippen LogP contribution in [-0.4, -0.2) is 38.1 Å². The second-order valence-corrected chi connectivity index (χ2v) is 7.61. The maximum Gasteiger partial charge on any atom is 0.254 e. The van der Waals surface area contributed by atoms with Gasteiger partial charge in [0.1, 0.15) is 11.6 Å². The van der Waals surface area contributed by atoms with Gasteiger partial charge < -0.3 is 14.3 Å². The van der Waals surface area contributed by atoms with E-state index in [9.17, 15) is 4.79 Å². The zero-order valence-corrected chi connectivity index (χ0v) is 17.3. The number of rotatable bonds is 5. The summed E-state index contributed by atoms with van der Waals surface area (Å²) < 4.78 is 7.54. The van der Waals surface area contributed by atoms with Crippen molar-refractivity contribution in [2.24, 2.45) is 0 Å². The van der Waals surface area contributed by atoms with E-state index in [0.29, 0.717) is 18.8 Å². The summed E-state index contributed by atoms with van der Waals surface area (Å²) in [6, 6.07) is 15.9. The molecule has 3 aromatic heterocycles. The van der Waals surface area contributed by atoms with Crippen LogP contribution in [0.4, 0.5) is 0 Å². The smallest absolute Gasteiger partial charge is 0.254 e. The molecule has 1 aromatic carbocycles. The van der Waals surface area contributed by atoms with Crippen molar-refractivity contribution in [3.8, 4) is 22.8 Å². The molecule has 0 unspecified atom stereocenters. The Kier molecular flexibility index (Phi) is 5.09. The Labute approximate surface area is 180 Å². The Morgan fingerprint density at radius 1 is 1.13 bits per heavy atom. The topological polar surface area (TPSA) is 76.0 Å². The molecule has 7 nitrogen and oxygen atoms in total. The Balaban J connectivity index is 1.40. The minimum atomic E-state index is -0.0452. The lowest BCUT2D eigenvalue weighted by Crippen LogP contribution is -2.35. The summed E-state index contributed by atoms with van der Waals surface area (Å²) in [5, 5.41) is 0. The molecular formula is C24H23N5O2. The number of pyridine rings is 1. The molecule has 1 aliphatic heterocycles. The van der Waals surface area contributed by atoms with Gasteiger partial charge in [0, 0.05) is 66.8 Å². The van der Waals surface area contributed by atoms with E-state index in [1.807, 2.05) is 30.3 Å². The second-order valence-electron chi connectivity index (χ2n) is 7.61. The molecule has 0 radical (unpaired) electrons. The number of H-pyrrole nitrogens is 1. The number of methoxy groups -OCH3 is 1. The molecule has 156 valence electrons. The van der Waals surface area contributed by atoms with Gasteiger partial charge in [0.05, 0.1) is 12.8 Å². The average Bonchev–Trinajstić information content (AvgIpc) is 3.27. The standard InChI is InChI=1S/C24H23N5O2/c1-31-20-6-2-4-18(14-20)29-12-3-5-19(29)15-28-13-9-21-22(16-28)26-23(27-24(21)30)17-7-10-25-11-8-17/h2-8,10-12,14H,9,13,15-16H2,1H3,(H,26,27,30). The number of nitrogens with zero attached hydrogens (tertiary/aromatic N) is 4. The van der Waals surface area contributed by atoms with Crippen LogP contribution < -0.4 is 10.3 Å². The molecule has 0 aliphatic carbocycles. The monoisotopic (exact) mass is 413 g/mol. The molecule has 1 N–H and O–H groups in total. The van der Waals surface area contributed by atoms with Crippen molar-refractivity contribution >= 4 is 0 Å². The van der Waals surface area contributed by atoms with Crippen LogP contribution in [0.3, 0.4) is 0 Å². The van der Waals surface area contributed by atoms with Crippen molar-refractivity contribution in [1.82, 2.24) is 24.4 Å². The fourth-order valence-electron chi connectivity index (χ4n) is 4.06. The van der Waals surface area contributed by atoms with E-state index in [1.165, 1.54) is 5.69 Å². The highest BCUT2D eigenvalue weighted by Gasteiger charge is 2.22. The summed E-state index contributed by atoms with van der Waals surface area (Å²) in [5.74, 6) is 1.42. The van der Waals surface area contributed by atoms with Crippen LogP contribution >= 0.6 is 0 Å². The molecule has 7 heteroatoms. The summed E-state index contributed by atoms with van der Waals surface area (Å²) in [6.45, 7) is 2.22. The summed E-state index contributed by atoms with van der Waals surface area (Å²) >= 11 is 0. The van der Waals surface area contributed by atoms with Crippen LogP contribution in [0.25, 0.3) is 17.1 Å². The van der Waals surface area contributed by atoms with Crippen LogP contribution in [0.2, 0.25) is 0 Å². The van der Waals surface area contributed by atoms with Crippen LogP contribution in [0, 0.1) is 0 Å². The fourth-order valence-corrected chi connectivity index (χ4v) is 4.06. The minimum absolute atomic E-state index is 0.0452. The van der Waals surface area contributed by atoms with E-state index in [2.05, 4.69) is 43.8 Å². The molecule has 4 aromatic rings. The molecule has 0 saturated heterocycles. The van der Waals surface area contributed by atoms with Gasteiger partial charge in [-0.2, -0.15) is 0 Å². The molecule has 31 heavy (non-hydrogen) atoms. The van der Waals surface area contributed by atoms with Crippen molar-refractivity contribution in [1.29, 1.82) is 0 Å². The van der Waals surface area contributed by atoms with Crippen LogP contribution in [0.15, 0.2) is 71.9 Å². The zero-order chi connectivity index (χ0) is 21.2. The van der Waals surface area contributed by atoms with E-state index in [0.717, 1.165) is 41.3 Å². The lowest BCUT2D eigenvalue weighted by Gasteiger charge is -2.28. The van der Waals surface area contributed by atoms with Gasteiger partial charge in [-0.25, -0.2) is 4.98 Å². The number of benzene rings is 1. The first-order valence-corrected chi connectivity index (χ1v) is 10.3. The van der Waals surface area contributed by atoms with Gasteiger partial charge in [0.2, 0.25) is 0 Å². The van der Waals surface area contributed by atoms with Gasteiger partial charge in [-0.15, -0.1) is 0 Å². The fraction of sp³-hybridized carbons (Fsp3) is 0.208. The Bertz CT molecular complexity index is 1260. The highest BCUT2D eigenvalue weighted by Crippen LogP contribution is 2.23. The largest absolute Gasteiger partial charge is 0.497 e. The van der Waals surface area contributed by atoms with Gasteiger partial charge in [-0.05, 0) is 42.8 Å². The first-order valence-electron chi connectivity index (χ1n) is 10.3. The number of aromatic nitrogens is 4. The predicted molar refractivity (Wildman–Crippen MR) is 118 cm³/mol. The lowest BCUT2D eigenvalue weighted by atomic mass is 10.1. The lowest BCUT2D eigenvalue weighted by molar-refractivity contribution is 0.236. The summed E-state index contributed by atoms with van der Waals surface area (Å²) in [4.78, 5) is 26.7. The molecule has 0 atom stereocenters. The van der Waals surface area contributed by atoms with Crippen molar-refractivity contribution in [2.45, 2.75) is 19.5 Å². The normalized spacial score (nSPS) is 13.7. The SMILES string of the molecule is COc1cccc(-n2cccc2CN2CCc3c(nc(-c4ccncc4)[nH]c3=O)C2)c1. The van der Waals surface area contributed by atoms with Crippen LogP contribution in [-0.2, 0) is 19.5 Å². The average molecular weight is 413 g/mol. The molecular weight excluding hydrogens is 390 g/mol. The first-order chi connectivity index (χ1) is 15.2. The first kappa shape index (κ1) is 19.3. The highest BCUT2D eigenvalue weighted by molar-refractivity contribution is 5.54. The van der Waals surface area contributed by atoms with E-state index in [1.54, 1.807) is 19.5 Å². The molecule has 5 rings (SSSR count). The molecule has 1 aliphatic rings. The third-order valence-electron chi connectivity index (χ3n) is 5.66. The van der Waals surface area contributed by atoms with E-state index in [-0.39, 0.29) is 5.56 Å². The molecule has 0 fully saturated rings. The van der Waals surface area contributed by atoms with Crippen LogP contribution in [0.5, 0.6) is 5.75 Å². The van der Waals surface area contributed by atoms with Gasteiger partial charge >= 0.3 is 0 Å². The van der Waals surface area contributed by atoms with Crippen molar-refractivity contribution in [2.75, 3.05) is 13.7 Å². The third kappa shape index (κ3) is 3.87. The number of ether oxygens (including phenoxy) is 1. The number of nitrogens with one attached hydrogen (secondary N) is 1. The number of fused-ring (bicyclic) bond motifs is 1. The maximum atomic E-state index is 12.6. The van der Waals surface area contributed by atoms with Crippen molar-refractivity contribution in [3.05, 3.63) is 94.4 Å². The second kappa shape index (κ2) is 8.20. The molecule has 0 saturated carbocycles. The summed E-state index contributed by atoms with van der Waals surface area (Å²) in [7, 11) is 1.68. The number of hydrogen-bond donors (Lipinski definition) is 1. The Hall–Kier alpha value is -3.71. The number of aromatic amines is 1. The molecule has 0 spiro atoms. The van der Waals surface area contributed by atoms with E-state index < -0.39 is 0 Å². The van der Waals surface area contributed by atoms with Crippen molar-refractivity contribution in [3.63, 3.8) is 0 Å². The zero-order valence-electron chi connectivity index (χ0n) is 17.3. The predicted octanol–water partition coefficient (Wildman–Crippen LogP) is 3.19. The maximum absolute atomic E-state index is 12.6. The number of hydrogen-bond acceptors (Lipinski definition) is 5. The summed E-state index contributed by atoms with van der Waals surface area (Å²) in [6.07, 6.45) is 6.16. The van der Waals surface area contributed by atoms with Gasteiger partial charge in [-0.1, -0.05) is 6.07 Å². The van der Waals surface area contributed by atoms with E-state index >= 15 is 0 Å². The quantitative estimate of drug-likeness (QED) is 0.544. The van der Waals surface area contributed by atoms with Gasteiger partial charge in [-0.3, -0.25) is 14.7 Å². The molecule has 0 amide bonds. The van der Waals surface area contributed by atoms with Crippen LogP contribution in [0.1, 0.15) is 17.0 Å². The third-order valence-corrected chi connectivity index (χ3v) is 5.66. The van der Waals surface area contributed by atoms with Gasteiger partial charge in [0.25, 0.3) is 5.56 Å². The van der Waals surface area contributed by atoms with Gasteiger partial charge in [0.15, 0.2) is 0 Å². The van der Waals surface area contributed by atoms with E-state index in [4.69, 9.17) is 9.72 Å². The molecule has 0 bridgehead atoms.